The summed E-state index contributed by atoms with van der Waals surface area (Å²) in [4.78, 5) is 6.26. The molecule has 1 fully saturated rings. The third-order valence-corrected chi connectivity index (χ3v) is 2.59. The van der Waals surface area contributed by atoms with Crippen LogP contribution in [0.15, 0.2) is 18.2 Å². The minimum atomic E-state index is 0.265. The van der Waals surface area contributed by atoms with Gasteiger partial charge in [0.25, 0.3) is 0 Å². The Morgan fingerprint density at radius 2 is 2.13 bits per heavy atom. The van der Waals surface area contributed by atoms with Crippen LogP contribution in [0.25, 0.3) is 5.65 Å². The summed E-state index contributed by atoms with van der Waals surface area (Å²) < 4.78 is 1.75. The molecule has 0 bridgehead atoms. The molecule has 0 spiro atoms. The summed E-state index contributed by atoms with van der Waals surface area (Å²) in [6.45, 7) is 1.72. The minimum absolute atomic E-state index is 0.265. The topological polar surface area (TPSA) is 85.5 Å². The van der Waals surface area contributed by atoms with E-state index in [-0.39, 0.29) is 6.04 Å². The fourth-order valence-corrected chi connectivity index (χ4v) is 1.85. The second-order valence-electron chi connectivity index (χ2n) is 3.79. The van der Waals surface area contributed by atoms with Gasteiger partial charge in [0, 0.05) is 19.1 Å². The van der Waals surface area contributed by atoms with Gasteiger partial charge in [-0.15, -0.1) is 5.10 Å². The third kappa shape index (κ3) is 1.22. The monoisotopic (exact) mass is 204 g/mol. The van der Waals surface area contributed by atoms with Gasteiger partial charge in [-0.3, -0.25) is 0 Å². The summed E-state index contributed by atoms with van der Waals surface area (Å²) in [7, 11) is 0. The Bertz CT molecular complexity index is 498. The van der Waals surface area contributed by atoms with E-state index < -0.39 is 0 Å². The van der Waals surface area contributed by atoms with E-state index in [2.05, 4.69) is 15.0 Å². The fourth-order valence-electron chi connectivity index (χ4n) is 1.85. The molecule has 3 heterocycles. The van der Waals surface area contributed by atoms with Gasteiger partial charge in [0.1, 0.15) is 5.82 Å². The molecule has 2 aromatic rings. The lowest BCUT2D eigenvalue weighted by molar-refractivity contribution is 0.510. The Labute approximate surface area is 86.5 Å². The Morgan fingerprint density at radius 1 is 1.33 bits per heavy atom. The van der Waals surface area contributed by atoms with Crippen LogP contribution in [-0.2, 0) is 0 Å². The highest BCUT2D eigenvalue weighted by atomic mass is 15.4. The van der Waals surface area contributed by atoms with E-state index in [1.807, 2.05) is 18.2 Å². The normalized spacial score (nSPS) is 17.0. The quantitative estimate of drug-likeness (QED) is 0.651. The van der Waals surface area contributed by atoms with Crippen molar-refractivity contribution in [2.24, 2.45) is 5.73 Å². The highest BCUT2D eigenvalue weighted by molar-refractivity contribution is 5.53. The van der Waals surface area contributed by atoms with Crippen molar-refractivity contribution >= 4 is 17.4 Å². The third-order valence-electron chi connectivity index (χ3n) is 2.59. The number of fused-ring (bicyclic) bond motifs is 1. The Hall–Kier alpha value is -1.82. The summed E-state index contributed by atoms with van der Waals surface area (Å²) in [5, 5.41) is 4.14. The number of anilines is 2. The molecule has 0 radical (unpaired) electrons. The standard InChI is InChI=1S/C9H12N6/c10-6-4-14(5-6)8-3-1-2-7-12-9(11)13-15(7)8/h1-3,6H,4-5,10H2,(H2,11,13). The van der Waals surface area contributed by atoms with Gasteiger partial charge in [-0.2, -0.15) is 9.50 Å². The molecule has 6 nitrogen and oxygen atoms in total. The van der Waals surface area contributed by atoms with Gasteiger partial charge < -0.3 is 16.4 Å². The van der Waals surface area contributed by atoms with Crippen LogP contribution < -0.4 is 16.4 Å². The number of hydrogen-bond acceptors (Lipinski definition) is 5. The first-order valence-corrected chi connectivity index (χ1v) is 4.86. The molecule has 6 heteroatoms. The molecule has 0 unspecified atom stereocenters. The summed E-state index contributed by atoms with van der Waals surface area (Å²) in [5.41, 5.74) is 12.1. The maximum absolute atomic E-state index is 5.74. The lowest BCUT2D eigenvalue weighted by Gasteiger charge is -2.38. The van der Waals surface area contributed by atoms with Crippen LogP contribution >= 0.6 is 0 Å². The number of hydrogen-bond donors (Lipinski definition) is 2. The number of aromatic nitrogens is 3. The highest BCUT2D eigenvalue weighted by Crippen LogP contribution is 2.20. The molecule has 0 atom stereocenters. The number of rotatable bonds is 1. The van der Waals surface area contributed by atoms with E-state index in [9.17, 15) is 0 Å². The smallest absolute Gasteiger partial charge is 0.240 e. The molecule has 0 amide bonds. The Morgan fingerprint density at radius 3 is 2.87 bits per heavy atom. The zero-order chi connectivity index (χ0) is 10.4. The van der Waals surface area contributed by atoms with E-state index in [1.165, 1.54) is 0 Å². The number of nitrogens with zero attached hydrogens (tertiary/aromatic N) is 4. The number of nitrogen functional groups attached to an aromatic ring is 1. The fraction of sp³-hybridized carbons (Fsp3) is 0.333. The van der Waals surface area contributed by atoms with Crippen LogP contribution in [0.4, 0.5) is 11.8 Å². The Kier molecular flexibility index (Phi) is 1.60. The van der Waals surface area contributed by atoms with Gasteiger partial charge in [0.2, 0.25) is 5.95 Å². The molecule has 3 rings (SSSR count). The van der Waals surface area contributed by atoms with E-state index in [4.69, 9.17) is 11.5 Å². The van der Waals surface area contributed by atoms with Crippen molar-refractivity contribution in [1.82, 2.24) is 14.6 Å². The second-order valence-corrected chi connectivity index (χ2v) is 3.79. The molecule has 4 N–H and O–H groups in total. The minimum Gasteiger partial charge on any atom is -0.366 e. The van der Waals surface area contributed by atoms with Crippen molar-refractivity contribution in [1.29, 1.82) is 0 Å². The van der Waals surface area contributed by atoms with Crippen LogP contribution in [0.3, 0.4) is 0 Å². The summed E-state index contributed by atoms with van der Waals surface area (Å²) in [6, 6.07) is 6.09. The predicted molar refractivity (Wildman–Crippen MR) is 57.6 cm³/mol. The maximum atomic E-state index is 5.74. The lowest BCUT2D eigenvalue weighted by Crippen LogP contribution is -2.56. The van der Waals surface area contributed by atoms with Gasteiger partial charge in [-0.25, -0.2) is 0 Å². The molecule has 78 valence electrons. The average Bonchev–Trinajstić information content (AvgIpc) is 2.53. The largest absolute Gasteiger partial charge is 0.366 e. The molecule has 1 saturated heterocycles. The zero-order valence-corrected chi connectivity index (χ0v) is 8.17. The molecule has 15 heavy (non-hydrogen) atoms. The number of nitrogens with two attached hydrogens (primary N) is 2. The lowest BCUT2D eigenvalue weighted by atomic mass is 10.1. The van der Waals surface area contributed by atoms with Gasteiger partial charge in [0.15, 0.2) is 5.65 Å². The molecule has 0 aromatic carbocycles. The molecule has 2 aromatic heterocycles. The summed E-state index contributed by atoms with van der Waals surface area (Å²) in [6.07, 6.45) is 0. The van der Waals surface area contributed by atoms with Crippen molar-refractivity contribution in [2.75, 3.05) is 23.7 Å². The highest BCUT2D eigenvalue weighted by Gasteiger charge is 2.25. The molecule has 0 aliphatic carbocycles. The predicted octanol–water partition coefficient (Wildman–Crippen LogP) is -0.541. The van der Waals surface area contributed by atoms with E-state index in [1.54, 1.807) is 4.52 Å². The van der Waals surface area contributed by atoms with Crippen molar-refractivity contribution < 1.29 is 0 Å². The second kappa shape index (κ2) is 2.83. The zero-order valence-electron chi connectivity index (χ0n) is 8.17. The maximum Gasteiger partial charge on any atom is 0.240 e. The van der Waals surface area contributed by atoms with Gasteiger partial charge in [0.05, 0.1) is 0 Å². The first-order chi connectivity index (χ1) is 7.24. The summed E-state index contributed by atoms with van der Waals surface area (Å²) >= 11 is 0. The molecular weight excluding hydrogens is 192 g/mol. The molecule has 0 saturated carbocycles. The SMILES string of the molecule is Nc1nc2cccc(N3CC(N)C3)n2n1. The van der Waals surface area contributed by atoms with Gasteiger partial charge >= 0.3 is 0 Å². The summed E-state index contributed by atoms with van der Waals surface area (Å²) in [5.74, 6) is 1.30. The van der Waals surface area contributed by atoms with E-state index >= 15 is 0 Å². The first-order valence-electron chi connectivity index (χ1n) is 4.86. The van der Waals surface area contributed by atoms with Crippen molar-refractivity contribution in [3.63, 3.8) is 0 Å². The van der Waals surface area contributed by atoms with Crippen molar-refractivity contribution in [2.45, 2.75) is 6.04 Å². The van der Waals surface area contributed by atoms with Crippen LogP contribution in [0.1, 0.15) is 0 Å². The Balaban J connectivity index is 2.09. The van der Waals surface area contributed by atoms with Crippen molar-refractivity contribution in [3.05, 3.63) is 18.2 Å². The van der Waals surface area contributed by atoms with Crippen LogP contribution in [0, 0.1) is 0 Å². The number of pyridine rings is 1. The van der Waals surface area contributed by atoms with Gasteiger partial charge in [-0.05, 0) is 12.1 Å². The molecule has 1 aliphatic rings. The van der Waals surface area contributed by atoms with Crippen LogP contribution in [0.5, 0.6) is 0 Å². The average molecular weight is 204 g/mol. The van der Waals surface area contributed by atoms with E-state index in [0.29, 0.717) is 5.95 Å². The van der Waals surface area contributed by atoms with E-state index in [0.717, 1.165) is 24.6 Å². The van der Waals surface area contributed by atoms with Crippen LogP contribution in [-0.4, -0.2) is 33.7 Å². The van der Waals surface area contributed by atoms with Crippen LogP contribution in [0.2, 0.25) is 0 Å². The first kappa shape index (κ1) is 8.49. The van der Waals surface area contributed by atoms with Gasteiger partial charge in [-0.1, -0.05) is 6.07 Å². The molecular formula is C9H12N6. The molecule has 1 aliphatic heterocycles. The van der Waals surface area contributed by atoms with Crippen molar-refractivity contribution in [3.8, 4) is 0 Å².